The van der Waals surface area contributed by atoms with Crippen LogP contribution in [-0.2, 0) is 17.9 Å². The van der Waals surface area contributed by atoms with Crippen LogP contribution in [-0.4, -0.2) is 39.2 Å². The van der Waals surface area contributed by atoms with Crippen molar-refractivity contribution in [3.8, 4) is 11.5 Å². The predicted molar refractivity (Wildman–Crippen MR) is 130 cm³/mol. The Labute approximate surface area is 194 Å². The van der Waals surface area contributed by atoms with Crippen molar-refractivity contribution in [1.82, 2.24) is 20.0 Å². The highest BCUT2D eigenvalue weighted by molar-refractivity contribution is 5.82. The van der Waals surface area contributed by atoms with Crippen LogP contribution < -0.4 is 5.32 Å². The molecule has 1 fully saturated rings. The summed E-state index contributed by atoms with van der Waals surface area (Å²) in [6.45, 7) is 6.67. The summed E-state index contributed by atoms with van der Waals surface area (Å²) in [7, 11) is 0. The Hall–Kier alpha value is -3.38. The molecule has 1 atom stereocenters. The molecule has 5 rings (SSSR count). The number of nitrogens with one attached hydrogen (secondary N) is 1. The lowest BCUT2D eigenvalue weighted by atomic mass is 10.1. The molecule has 0 aliphatic carbocycles. The monoisotopic (exact) mass is 442 g/mol. The van der Waals surface area contributed by atoms with Crippen molar-refractivity contribution in [2.75, 3.05) is 6.54 Å². The van der Waals surface area contributed by atoms with E-state index in [0.717, 1.165) is 47.5 Å². The third-order valence-corrected chi connectivity index (χ3v) is 6.33. The van der Waals surface area contributed by atoms with E-state index in [1.807, 2.05) is 28.9 Å². The molecule has 2 aromatic heterocycles. The summed E-state index contributed by atoms with van der Waals surface area (Å²) in [5.74, 6) is 0.943. The maximum atomic E-state index is 11.7. The fraction of sp³-hybridized carbons (Fsp3) is 0.333. The van der Waals surface area contributed by atoms with Crippen molar-refractivity contribution in [2.45, 2.75) is 51.9 Å². The third-order valence-electron chi connectivity index (χ3n) is 6.33. The number of carbonyl (C=O) groups excluding carboxylic acids is 1. The highest BCUT2D eigenvalue weighted by atomic mass is 16.3. The van der Waals surface area contributed by atoms with Gasteiger partial charge in [0.2, 0.25) is 5.91 Å². The van der Waals surface area contributed by atoms with Crippen molar-refractivity contribution < 1.29 is 9.21 Å². The second-order valence-corrected chi connectivity index (χ2v) is 9.16. The van der Waals surface area contributed by atoms with Gasteiger partial charge >= 0.3 is 0 Å². The maximum Gasteiger partial charge on any atom is 0.220 e. The number of para-hydroxylation sites is 1. The molecule has 6 nitrogen and oxygen atoms in total. The average molecular weight is 443 g/mol. The first-order valence-electron chi connectivity index (χ1n) is 11.7. The molecular weight excluding hydrogens is 412 g/mol. The van der Waals surface area contributed by atoms with E-state index in [4.69, 9.17) is 9.52 Å². The van der Waals surface area contributed by atoms with Crippen LogP contribution in [0.2, 0.25) is 0 Å². The number of rotatable bonds is 8. The molecule has 1 aliphatic heterocycles. The highest BCUT2D eigenvalue weighted by Gasteiger charge is 2.26. The zero-order valence-corrected chi connectivity index (χ0v) is 19.2. The molecule has 170 valence electrons. The van der Waals surface area contributed by atoms with Crippen LogP contribution in [0, 0.1) is 0 Å². The van der Waals surface area contributed by atoms with Gasteiger partial charge in [0.25, 0.3) is 0 Å². The molecule has 0 saturated carbocycles. The second-order valence-electron chi connectivity index (χ2n) is 9.16. The average Bonchev–Trinajstić information content (AvgIpc) is 3.52. The van der Waals surface area contributed by atoms with E-state index in [1.165, 1.54) is 5.56 Å². The van der Waals surface area contributed by atoms with E-state index in [2.05, 4.69) is 66.7 Å². The first-order valence-corrected chi connectivity index (χ1v) is 11.7. The SMILES string of the molecule is CC(C)N(Cc1cn(Cc2ccccc2)nc1-c1cc2ccccc2o1)C[C@H]1CCC(=O)N1. The standard InChI is InChI=1S/C27H30N4O2/c1-19(2)30(18-23-12-13-26(32)28-23)16-22-17-31(15-20-8-4-3-5-9-20)29-27(22)25-14-21-10-6-7-11-24(21)33-25/h3-11,14,17,19,23H,12-13,15-16,18H2,1-2H3,(H,28,32)/t23-/m1/s1. The Morgan fingerprint density at radius 2 is 1.94 bits per heavy atom. The van der Waals surface area contributed by atoms with Gasteiger partial charge in [0.1, 0.15) is 11.3 Å². The summed E-state index contributed by atoms with van der Waals surface area (Å²) in [6.07, 6.45) is 3.65. The summed E-state index contributed by atoms with van der Waals surface area (Å²) in [4.78, 5) is 14.1. The Balaban J connectivity index is 1.47. The number of carbonyl (C=O) groups is 1. The summed E-state index contributed by atoms with van der Waals surface area (Å²) in [5, 5.41) is 9.14. The quantitative estimate of drug-likeness (QED) is 0.424. The van der Waals surface area contributed by atoms with Gasteiger partial charge in [-0.3, -0.25) is 14.4 Å². The molecule has 1 aliphatic rings. The van der Waals surface area contributed by atoms with E-state index in [9.17, 15) is 4.79 Å². The van der Waals surface area contributed by atoms with E-state index in [1.54, 1.807) is 0 Å². The number of fused-ring (bicyclic) bond motifs is 1. The maximum absolute atomic E-state index is 11.7. The second kappa shape index (κ2) is 9.24. The van der Waals surface area contributed by atoms with E-state index in [-0.39, 0.29) is 11.9 Å². The third kappa shape index (κ3) is 4.86. The molecule has 1 amide bonds. The number of furan rings is 1. The fourth-order valence-corrected chi connectivity index (χ4v) is 4.51. The molecule has 0 bridgehead atoms. The van der Waals surface area contributed by atoms with Gasteiger partial charge in [0.15, 0.2) is 5.76 Å². The van der Waals surface area contributed by atoms with E-state index in [0.29, 0.717) is 19.0 Å². The van der Waals surface area contributed by atoms with Crippen LogP contribution in [0.25, 0.3) is 22.4 Å². The van der Waals surface area contributed by atoms with Gasteiger partial charge in [-0.05, 0) is 38.0 Å². The lowest BCUT2D eigenvalue weighted by Crippen LogP contribution is -2.41. The Morgan fingerprint density at radius 3 is 2.67 bits per heavy atom. The molecule has 0 radical (unpaired) electrons. The minimum absolute atomic E-state index is 0.155. The van der Waals surface area contributed by atoms with Gasteiger partial charge in [-0.15, -0.1) is 0 Å². The zero-order chi connectivity index (χ0) is 22.8. The molecular formula is C27H30N4O2. The largest absolute Gasteiger partial charge is 0.454 e. The van der Waals surface area contributed by atoms with Gasteiger partial charge in [0.05, 0.1) is 6.54 Å². The number of hydrogen-bond donors (Lipinski definition) is 1. The summed E-state index contributed by atoms with van der Waals surface area (Å²) in [5.41, 5.74) is 4.08. The molecule has 6 heteroatoms. The molecule has 3 heterocycles. The van der Waals surface area contributed by atoms with Gasteiger partial charge in [-0.25, -0.2) is 0 Å². The fourth-order valence-electron chi connectivity index (χ4n) is 4.51. The number of benzene rings is 2. The first kappa shape index (κ1) is 21.5. The topological polar surface area (TPSA) is 63.3 Å². The Bertz CT molecular complexity index is 1210. The molecule has 2 aromatic carbocycles. The lowest BCUT2D eigenvalue weighted by molar-refractivity contribution is -0.119. The highest BCUT2D eigenvalue weighted by Crippen LogP contribution is 2.30. The van der Waals surface area contributed by atoms with Gasteiger partial charge in [-0.1, -0.05) is 48.5 Å². The number of aromatic nitrogens is 2. The summed E-state index contributed by atoms with van der Waals surface area (Å²) >= 11 is 0. The molecule has 1 N–H and O–H groups in total. The van der Waals surface area contributed by atoms with Crippen LogP contribution >= 0.6 is 0 Å². The van der Waals surface area contributed by atoms with Gasteiger partial charge in [-0.2, -0.15) is 5.10 Å². The van der Waals surface area contributed by atoms with Crippen LogP contribution in [0.4, 0.5) is 0 Å². The Kier molecular flexibility index (Phi) is 6.01. The molecule has 1 saturated heterocycles. The van der Waals surface area contributed by atoms with Gasteiger partial charge < -0.3 is 9.73 Å². The number of amides is 1. The summed E-state index contributed by atoms with van der Waals surface area (Å²) < 4.78 is 8.20. The first-order chi connectivity index (χ1) is 16.0. The predicted octanol–water partition coefficient (Wildman–Crippen LogP) is 4.83. The van der Waals surface area contributed by atoms with Crippen molar-refractivity contribution in [3.63, 3.8) is 0 Å². The minimum atomic E-state index is 0.155. The van der Waals surface area contributed by atoms with Crippen LogP contribution in [0.1, 0.15) is 37.8 Å². The normalized spacial score (nSPS) is 16.2. The van der Waals surface area contributed by atoms with Crippen LogP contribution in [0.15, 0.2) is 71.3 Å². The minimum Gasteiger partial charge on any atom is -0.454 e. The van der Waals surface area contributed by atoms with E-state index >= 15 is 0 Å². The molecule has 4 aromatic rings. The van der Waals surface area contributed by atoms with Crippen molar-refractivity contribution in [1.29, 1.82) is 0 Å². The van der Waals surface area contributed by atoms with Crippen LogP contribution in [0.3, 0.4) is 0 Å². The number of hydrogen-bond acceptors (Lipinski definition) is 4. The van der Waals surface area contributed by atoms with Crippen molar-refractivity contribution in [2.24, 2.45) is 0 Å². The Morgan fingerprint density at radius 1 is 1.15 bits per heavy atom. The zero-order valence-electron chi connectivity index (χ0n) is 19.2. The van der Waals surface area contributed by atoms with E-state index < -0.39 is 0 Å². The molecule has 0 unspecified atom stereocenters. The van der Waals surface area contributed by atoms with Crippen molar-refractivity contribution >= 4 is 16.9 Å². The van der Waals surface area contributed by atoms with Crippen LogP contribution in [0.5, 0.6) is 0 Å². The molecule has 0 spiro atoms. The van der Waals surface area contributed by atoms with Crippen molar-refractivity contribution in [3.05, 3.63) is 78.0 Å². The number of nitrogens with zero attached hydrogens (tertiary/aromatic N) is 3. The lowest BCUT2D eigenvalue weighted by Gasteiger charge is -2.29. The van der Waals surface area contributed by atoms with Gasteiger partial charge in [0, 0.05) is 48.7 Å². The summed E-state index contributed by atoms with van der Waals surface area (Å²) in [6, 6.07) is 21.0. The molecule has 33 heavy (non-hydrogen) atoms. The smallest absolute Gasteiger partial charge is 0.220 e.